The van der Waals surface area contributed by atoms with Crippen LogP contribution in [0.25, 0.3) is 0 Å². The summed E-state index contributed by atoms with van der Waals surface area (Å²) in [7, 11) is 0. The predicted octanol–water partition coefficient (Wildman–Crippen LogP) is 4.68. The highest BCUT2D eigenvalue weighted by atomic mass is 19.4. The van der Waals surface area contributed by atoms with Gasteiger partial charge in [0.25, 0.3) is 17.7 Å². The molecule has 6 nitrogen and oxygen atoms in total. The van der Waals surface area contributed by atoms with Crippen LogP contribution in [0.4, 0.5) is 24.5 Å². The molecule has 1 aliphatic rings. The van der Waals surface area contributed by atoms with Crippen molar-refractivity contribution < 1.29 is 32.3 Å². The van der Waals surface area contributed by atoms with Gasteiger partial charge in [-0.15, -0.1) is 0 Å². The molecule has 0 bridgehead atoms. The van der Waals surface area contributed by atoms with Crippen LogP contribution in [0.5, 0.6) is 5.75 Å². The smallest absolute Gasteiger partial charge is 0.422 e. The number of hydrogen-bond donors (Lipinski definition) is 1. The van der Waals surface area contributed by atoms with Gasteiger partial charge in [0.05, 0.1) is 16.8 Å². The number of hydrogen-bond acceptors (Lipinski definition) is 4. The number of carbonyl (C=O) groups is 3. The Balaban J connectivity index is 1.47. The van der Waals surface area contributed by atoms with E-state index in [9.17, 15) is 27.6 Å². The molecule has 1 heterocycles. The lowest BCUT2D eigenvalue weighted by atomic mass is 10.1. The van der Waals surface area contributed by atoms with Crippen LogP contribution in [0.1, 0.15) is 31.1 Å². The fourth-order valence-electron chi connectivity index (χ4n) is 3.22. The van der Waals surface area contributed by atoms with Crippen LogP contribution in [0.3, 0.4) is 0 Å². The lowest BCUT2D eigenvalue weighted by Crippen LogP contribution is -2.29. The van der Waals surface area contributed by atoms with E-state index in [2.05, 4.69) is 10.1 Å². The van der Waals surface area contributed by atoms with Crippen molar-refractivity contribution in [1.82, 2.24) is 0 Å². The minimum atomic E-state index is -4.46. The van der Waals surface area contributed by atoms with Crippen molar-refractivity contribution in [2.24, 2.45) is 0 Å². The van der Waals surface area contributed by atoms with Crippen LogP contribution >= 0.6 is 0 Å². The average molecular weight is 440 g/mol. The van der Waals surface area contributed by atoms with E-state index in [-0.39, 0.29) is 11.3 Å². The molecule has 3 aromatic carbocycles. The van der Waals surface area contributed by atoms with E-state index in [0.717, 1.165) is 4.90 Å². The Kier molecular flexibility index (Phi) is 5.40. The van der Waals surface area contributed by atoms with E-state index in [1.807, 2.05) is 0 Å². The highest BCUT2D eigenvalue weighted by Gasteiger charge is 2.36. The molecule has 1 aliphatic heterocycles. The van der Waals surface area contributed by atoms with Crippen LogP contribution in [0, 0.1) is 0 Å². The zero-order valence-corrected chi connectivity index (χ0v) is 16.3. The molecular formula is C23H15F3N2O4. The maximum atomic E-state index is 12.6. The molecule has 0 saturated carbocycles. The van der Waals surface area contributed by atoms with E-state index < -0.39 is 30.5 Å². The van der Waals surface area contributed by atoms with Crippen LogP contribution in [0.2, 0.25) is 0 Å². The molecule has 0 aromatic heterocycles. The highest BCUT2D eigenvalue weighted by Crippen LogP contribution is 2.30. The number of rotatable bonds is 5. The zero-order valence-electron chi connectivity index (χ0n) is 16.3. The number of carbonyl (C=O) groups excluding carboxylic acids is 3. The standard InChI is InChI=1S/C23H15F3N2O4/c24-23(25,26)13-32-17-10-8-14(9-11-17)20(29)27-15-4-3-5-16(12-15)28-21(30)18-6-1-2-7-19(18)22(28)31/h1-12H,13H2,(H,27,29). The molecule has 0 unspecified atom stereocenters. The lowest BCUT2D eigenvalue weighted by Gasteiger charge is -2.15. The second-order valence-electron chi connectivity index (χ2n) is 6.92. The molecule has 0 aliphatic carbocycles. The number of nitrogens with one attached hydrogen (secondary N) is 1. The Labute approximate surface area is 180 Å². The van der Waals surface area contributed by atoms with Gasteiger partial charge in [-0.1, -0.05) is 18.2 Å². The Morgan fingerprint density at radius 1 is 0.875 bits per heavy atom. The number of anilines is 2. The molecular weight excluding hydrogens is 425 g/mol. The van der Waals surface area contributed by atoms with Crippen molar-refractivity contribution in [3.05, 3.63) is 89.5 Å². The molecule has 1 N–H and O–H groups in total. The lowest BCUT2D eigenvalue weighted by molar-refractivity contribution is -0.153. The fourth-order valence-corrected chi connectivity index (χ4v) is 3.22. The molecule has 32 heavy (non-hydrogen) atoms. The van der Waals surface area contributed by atoms with Crippen molar-refractivity contribution in [3.8, 4) is 5.75 Å². The van der Waals surface area contributed by atoms with Crippen LogP contribution in [0.15, 0.2) is 72.8 Å². The molecule has 3 aromatic rings. The second-order valence-corrected chi connectivity index (χ2v) is 6.92. The number of benzene rings is 3. The molecule has 9 heteroatoms. The quantitative estimate of drug-likeness (QED) is 0.585. The third-order valence-electron chi connectivity index (χ3n) is 4.68. The minimum absolute atomic E-state index is 0.0218. The maximum Gasteiger partial charge on any atom is 0.422 e. The van der Waals surface area contributed by atoms with Crippen molar-refractivity contribution in [1.29, 1.82) is 0 Å². The summed E-state index contributed by atoms with van der Waals surface area (Å²) in [5.74, 6) is -1.45. The van der Waals surface area contributed by atoms with E-state index in [4.69, 9.17) is 0 Å². The van der Waals surface area contributed by atoms with Gasteiger partial charge < -0.3 is 10.1 Å². The van der Waals surface area contributed by atoms with Gasteiger partial charge in [-0.25, -0.2) is 4.90 Å². The first-order chi connectivity index (χ1) is 15.2. The summed E-state index contributed by atoms with van der Waals surface area (Å²) in [4.78, 5) is 38.8. The van der Waals surface area contributed by atoms with Gasteiger partial charge >= 0.3 is 6.18 Å². The number of alkyl halides is 3. The molecule has 3 amide bonds. The Morgan fingerprint density at radius 2 is 1.50 bits per heavy atom. The van der Waals surface area contributed by atoms with Gasteiger partial charge in [-0.2, -0.15) is 13.2 Å². The highest BCUT2D eigenvalue weighted by molar-refractivity contribution is 6.34. The van der Waals surface area contributed by atoms with Gasteiger partial charge in [-0.3, -0.25) is 14.4 Å². The number of nitrogens with zero attached hydrogens (tertiary/aromatic N) is 1. The number of fused-ring (bicyclic) bond motifs is 1. The monoisotopic (exact) mass is 440 g/mol. The summed E-state index contributed by atoms with van der Waals surface area (Å²) in [6, 6.07) is 17.9. The molecule has 0 fully saturated rings. The average Bonchev–Trinajstić information content (AvgIpc) is 3.03. The van der Waals surface area contributed by atoms with Crippen molar-refractivity contribution in [2.45, 2.75) is 6.18 Å². The van der Waals surface area contributed by atoms with Gasteiger partial charge in [0.1, 0.15) is 5.75 Å². The van der Waals surface area contributed by atoms with Crippen LogP contribution in [-0.4, -0.2) is 30.5 Å². The van der Waals surface area contributed by atoms with E-state index in [0.29, 0.717) is 22.5 Å². The van der Waals surface area contributed by atoms with E-state index in [1.54, 1.807) is 42.5 Å². The summed E-state index contributed by atoms with van der Waals surface area (Å²) >= 11 is 0. The summed E-state index contributed by atoms with van der Waals surface area (Å²) in [6.45, 7) is -1.43. The van der Waals surface area contributed by atoms with Crippen LogP contribution in [-0.2, 0) is 0 Å². The van der Waals surface area contributed by atoms with Gasteiger partial charge in [-0.05, 0) is 54.6 Å². The number of amides is 3. The molecule has 4 rings (SSSR count). The van der Waals surface area contributed by atoms with Crippen molar-refractivity contribution in [3.63, 3.8) is 0 Å². The fraction of sp³-hybridized carbons (Fsp3) is 0.0870. The third kappa shape index (κ3) is 4.31. The summed E-state index contributed by atoms with van der Waals surface area (Å²) < 4.78 is 41.3. The minimum Gasteiger partial charge on any atom is -0.484 e. The second kappa shape index (κ2) is 8.18. The summed E-state index contributed by atoms with van der Waals surface area (Å²) in [5.41, 5.74) is 1.43. The van der Waals surface area contributed by atoms with Gasteiger partial charge in [0.15, 0.2) is 6.61 Å². The number of imide groups is 1. The Hall–Kier alpha value is -4.14. The molecule has 0 radical (unpaired) electrons. The predicted molar refractivity (Wildman–Crippen MR) is 110 cm³/mol. The van der Waals surface area contributed by atoms with Crippen LogP contribution < -0.4 is 15.0 Å². The van der Waals surface area contributed by atoms with Gasteiger partial charge in [0.2, 0.25) is 0 Å². The molecule has 0 atom stereocenters. The summed E-state index contributed by atoms with van der Waals surface area (Å²) in [6.07, 6.45) is -4.46. The van der Waals surface area contributed by atoms with E-state index in [1.165, 1.54) is 30.3 Å². The Bertz CT molecular complexity index is 1170. The normalized spacial score (nSPS) is 13.2. The summed E-state index contributed by atoms with van der Waals surface area (Å²) in [5, 5.41) is 2.64. The third-order valence-corrected chi connectivity index (χ3v) is 4.68. The Morgan fingerprint density at radius 3 is 2.09 bits per heavy atom. The topological polar surface area (TPSA) is 75.7 Å². The first kappa shape index (κ1) is 21.1. The first-order valence-corrected chi connectivity index (χ1v) is 9.42. The first-order valence-electron chi connectivity index (χ1n) is 9.42. The molecule has 162 valence electrons. The maximum absolute atomic E-state index is 12.6. The van der Waals surface area contributed by atoms with Gasteiger partial charge in [0, 0.05) is 11.3 Å². The largest absolute Gasteiger partial charge is 0.484 e. The van der Waals surface area contributed by atoms with Crippen molar-refractivity contribution in [2.75, 3.05) is 16.8 Å². The van der Waals surface area contributed by atoms with E-state index >= 15 is 0 Å². The molecule has 0 saturated heterocycles. The SMILES string of the molecule is O=C(Nc1cccc(N2C(=O)c3ccccc3C2=O)c1)c1ccc(OCC(F)(F)F)cc1. The zero-order chi connectivity index (χ0) is 22.9. The van der Waals surface area contributed by atoms with Crippen molar-refractivity contribution >= 4 is 29.1 Å². The molecule has 0 spiro atoms. The number of ether oxygens (including phenoxy) is 1. The number of halogens is 3.